The molecule has 0 atom stereocenters. The molecule has 0 aromatic heterocycles. The highest BCUT2D eigenvalue weighted by Gasteiger charge is 2.47. The van der Waals surface area contributed by atoms with Crippen molar-refractivity contribution in [1.29, 1.82) is 0 Å². The van der Waals surface area contributed by atoms with Crippen LogP contribution in [0.1, 0.15) is 64.7 Å². The summed E-state index contributed by atoms with van der Waals surface area (Å²) in [5.74, 6) is 4.26. The van der Waals surface area contributed by atoms with E-state index >= 15 is 0 Å². The third-order valence-electron chi connectivity index (χ3n) is 6.12. The molecule has 0 saturated heterocycles. The van der Waals surface area contributed by atoms with Gasteiger partial charge in [0, 0.05) is 19.1 Å². The molecule has 2 nitrogen and oxygen atoms in total. The molecule has 0 amide bonds. The van der Waals surface area contributed by atoms with Crippen LogP contribution in [0.2, 0.25) is 0 Å². The molecule has 0 unspecified atom stereocenters. The van der Waals surface area contributed by atoms with Gasteiger partial charge in [0.05, 0.1) is 0 Å². The zero-order valence-electron chi connectivity index (χ0n) is 14.2. The monoisotopic (exact) mass is 350 g/mol. The van der Waals surface area contributed by atoms with Crippen LogP contribution >= 0.6 is 24.8 Å². The molecule has 4 rings (SSSR count). The Morgan fingerprint density at radius 3 is 1.95 bits per heavy atom. The van der Waals surface area contributed by atoms with E-state index in [1.165, 1.54) is 64.5 Å². The largest absolute Gasteiger partial charge is 0.315 e. The van der Waals surface area contributed by atoms with E-state index in [0.29, 0.717) is 0 Å². The normalized spacial score (nSPS) is 35.0. The van der Waals surface area contributed by atoms with Gasteiger partial charge in [-0.25, -0.2) is 0 Å². The van der Waals surface area contributed by atoms with E-state index in [4.69, 9.17) is 0 Å². The molecule has 0 aromatic rings. The molecule has 2 N–H and O–H groups in total. The lowest BCUT2D eigenvalue weighted by Crippen LogP contribution is -2.55. The van der Waals surface area contributed by atoms with E-state index < -0.39 is 0 Å². The van der Waals surface area contributed by atoms with Crippen molar-refractivity contribution in [3.05, 3.63) is 0 Å². The fourth-order valence-corrected chi connectivity index (χ4v) is 5.39. The van der Waals surface area contributed by atoms with E-state index in [0.717, 1.165) is 36.3 Å². The Balaban J connectivity index is 0.00000121. The van der Waals surface area contributed by atoms with Crippen molar-refractivity contribution < 1.29 is 0 Å². The number of halogens is 2. The van der Waals surface area contributed by atoms with Crippen molar-refractivity contribution in [3.63, 3.8) is 0 Å². The summed E-state index contributed by atoms with van der Waals surface area (Å²) < 4.78 is 0. The maximum Gasteiger partial charge on any atom is 0.0124 e. The van der Waals surface area contributed by atoms with Crippen LogP contribution in [0.5, 0.6) is 0 Å². The Labute approximate surface area is 149 Å². The summed E-state index contributed by atoms with van der Waals surface area (Å²) in [4.78, 5) is 0. The molecule has 0 radical (unpaired) electrons. The quantitative estimate of drug-likeness (QED) is 0.601. The standard InChI is InChI=1S/C18H34N2.2ClH/c1-2-3-4-5-6-19-7-8-20-18-16-10-14-9-15(12-16)13-17(18)11-14;;/h14-20H,2-13H2,1H3;2*1H. The molecule has 0 aliphatic heterocycles. The van der Waals surface area contributed by atoms with Gasteiger partial charge in [0.25, 0.3) is 0 Å². The molecule has 4 saturated carbocycles. The first kappa shape index (κ1) is 20.5. The van der Waals surface area contributed by atoms with Gasteiger partial charge in [0.15, 0.2) is 0 Å². The zero-order chi connectivity index (χ0) is 13.8. The Hall–Kier alpha value is 0.500. The highest BCUT2D eigenvalue weighted by molar-refractivity contribution is 5.85. The fraction of sp³-hybridized carbons (Fsp3) is 1.00. The predicted octanol–water partition coefficient (Wildman–Crippen LogP) is 4.41. The van der Waals surface area contributed by atoms with Crippen LogP contribution < -0.4 is 10.6 Å². The zero-order valence-corrected chi connectivity index (χ0v) is 15.8. The number of hydrogen-bond donors (Lipinski definition) is 2. The van der Waals surface area contributed by atoms with Gasteiger partial charge in [-0.15, -0.1) is 24.8 Å². The molecule has 4 aliphatic rings. The van der Waals surface area contributed by atoms with E-state index in [2.05, 4.69) is 17.6 Å². The van der Waals surface area contributed by atoms with Crippen LogP contribution in [0, 0.1) is 23.7 Å². The molecule has 4 bridgehead atoms. The molecule has 4 aliphatic carbocycles. The van der Waals surface area contributed by atoms with E-state index in [9.17, 15) is 0 Å². The molecule has 22 heavy (non-hydrogen) atoms. The van der Waals surface area contributed by atoms with Crippen LogP contribution in [0.4, 0.5) is 0 Å². The molecule has 4 fully saturated rings. The van der Waals surface area contributed by atoms with Crippen molar-refractivity contribution in [2.24, 2.45) is 23.7 Å². The molecular weight excluding hydrogens is 315 g/mol. The van der Waals surface area contributed by atoms with Gasteiger partial charge in [0.1, 0.15) is 0 Å². The summed E-state index contributed by atoms with van der Waals surface area (Å²) in [5, 5.41) is 7.51. The second-order valence-corrected chi connectivity index (χ2v) is 7.72. The van der Waals surface area contributed by atoms with Gasteiger partial charge in [-0.2, -0.15) is 0 Å². The highest BCUT2D eigenvalue weighted by atomic mass is 35.5. The molecule has 4 heteroatoms. The maximum atomic E-state index is 3.90. The first-order chi connectivity index (χ1) is 9.86. The van der Waals surface area contributed by atoms with Crippen LogP contribution in [0.25, 0.3) is 0 Å². The Kier molecular flexibility index (Phi) is 9.70. The molecular formula is C18H36Cl2N2. The first-order valence-electron chi connectivity index (χ1n) is 9.31. The third-order valence-corrected chi connectivity index (χ3v) is 6.12. The fourth-order valence-electron chi connectivity index (χ4n) is 5.39. The van der Waals surface area contributed by atoms with Crippen LogP contribution in [-0.4, -0.2) is 25.7 Å². The summed E-state index contributed by atoms with van der Waals surface area (Å²) in [6, 6.07) is 0.865. The number of unbranched alkanes of at least 4 members (excludes halogenated alkanes) is 3. The lowest BCUT2D eigenvalue weighted by Gasteiger charge is -2.54. The topological polar surface area (TPSA) is 24.1 Å². The molecule has 0 aromatic carbocycles. The Bertz CT molecular complexity index is 271. The second-order valence-electron chi connectivity index (χ2n) is 7.72. The molecule has 0 spiro atoms. The SMILES string of the molecule is CCCCCCNCCNC1C2CC3CC(C2)CC1C3.Cl.Cl. The smallest absolute Gasteiger partial charge is 0.0124 e. The van der Waals surface area contributed by atoms with Crippen LogP contribution in [0.3, 0.4) is 0 Å². The average molecular weight is 351 g/mol. The summed E-state index contributed by atoms with van der Waals surface area (Å²) in [5.41, 5.74) is 0. The third kappa shape index (κ3) is 5.26. The number of hydrogen-bond acceptors (Lipinski definition) is 2. The molecule has 132 valence electrons. The van der Waals surface area contributed by atoms with Gasteiger partial charge in [-0.05, 0) is 68.7 Å². The summed E-state index contributed by atoms with van der Waals surface area (Å²) in [6.07, 6.45) is 13.2. The molecule has 0 heterocycles. The van der Waals surface area contributed by atoms with Crippen LogP contribution in [0.15, 0.2) is 0 Å². The van der Waals surface area contributed by atoms with E-state index in [1.54, 1.807) is 6.42 Å². The highest BCUT2D eigenvalue weighted by Crippen LogP contribution is 2.53. The summed E-state index contributed by atoms with van der Waals surface area (Å²) in [6.45, 7) is 5.83. The Morgan fingerprint density at radius 2 is 1.36 bits per heavy atom. The minimum absolute atomic E-state index is 0. The van der Waals surface area contributed by atoms with Gasteiger partial charge in [-0.1, -0.05) is 26.2 Å². The second kappa shape index (κ2) is 10.4. The van der Waals surface area contributed by atoms with E-state index in [-0.39, 0.29) is 24.8 Å². The van der Waals surface area contributed by atoms with Crippen molar-refractivity contribution in [3.8, 4) is 0 Å². The van der Waals surface area contributed by atoms with Crippen molar-refractivity contribution >= 4 is 24.8 Å². The lowest BCUT2D eigenvalue weighted by atomic mass is 9.54. The van der Waals surface area contributed by atoms with Gasteiger partial charge in [-0.3, -0.25) is 0 Å². The van der Waals surface area contributed by atoms with E-state index in [1.807, 2.05) is 0 Å². The van der Waals surface area contributed by atoms with Crippen molar-refractivity contribution in [2.75, 3.05) is 19.6 Å². The van der Waals surface area contributed by atoms with Gasteiger partial charge in [0.2, 0.25) is 0 Å². The number of rotatable bonds is 9. The summed E-state index contributed by atoms with van der Waals surface area (Å²) >= 11 is 0. The number of nitrogens with one attached hydrogen (secondary N) is 2. The Morgan fingerprint density at radius 1 is 0.727 bits per heavy atom. The van der Waals surface area contributed by atoms with Crippen LogP contribution in [-0.2, 0) is 0 Å². The summed E-state index contributed by atoms with van der Waals surface area (Å²) in [7, 11) is 0. The minimum atomic E-state index is 0. The maximum absolute atomic E-state index is 3.90. The first-order valence-corrected chi connectivity index (χ1v) is 9.31. The van der Waals surface area contributed by atoms with Gasteiger partial charge >= 0.3 is 0 Å². The lowest BCUT2D eigenvalue weighted by molar-refractivity contribution is -0.0133. The van der Waals surface area contributed by atoms with Crippen molar-refractivity contribution in [1.82, 2.24) is 10.6 Å². The van der Waals surface area contributed by atoms with Gasteiger partial charge < -0.3 is 10.6 Å². The predicted molar refractivity (Wildman–Crippen MR) is 100 cm³/mol. The average Bonchev–Trinajstić information content (AvgIpc) is 2.43. The van der Waals surface area contributed by atoms with Crippen molar-refractivity contribution in [2.45, 2.75) is 70.8 Å². The minimum Gasteiger partial charge on any atom is -0.315 e.